The molecule has 2 amide bonds. The van der Waals surface area contributed by atoms with Crippen LogP contribution in [0, 0.1) is 0 Å². The van der Waals surface area contributed by atoms with Gasteiger partial charge < -0.3 is 14.8 Å². The molecule has 0 aliphatic heterocycles. The van der Waals surface area contributed by atoms with E-state index in [0.717, 1.165) is 73.1 Å². The number of nitrogens with one attached hydrogen (secondary N) is 1. The quantitative estimate of drug-likeness (QED) is 0.205. The lowest BCUT2D eigenvalue weighted by Gasteiger charge is -2.18. The molecule has 4 aromatic rings. The Bertz CT molecular complexity index is 1350. The van der Waals surface area contributed by atoms with E-state index in [9.17, 15) is 9.59 Å². The van der Waals surface area contributed by atoms with Gasteiger partial charge in [0.2, 0.25) is 11.8 Å². The highest BCUT2D eigenvalue weighted by molar-refractivity contribution is 5.81. The lowest BCUT2D eigenvalue weighted by Crippen LogP contribution is -2.31. The van der Waals surface area contributed by atoms with Gasteiger partial charge in [-0.2, -0.15) is 0 Å². The monoisotopic (exact) mass is 524 g/mol. The first-order valence-corrected chi connectivity index (χ1v) is 14.1. The lowest BCUT2D eigenvalue weighted by atomic mass is 10.0. The Labute approximate surface area is 232 Å². The number of aromatic nitrogens is 2. The van der Waals surface area contributed by atoms with Crippen molar-refractivity contribution >= 4 is 22.8 Å². The van der Waals surface area contributed by atoms with E-state index < -0.39 is 0 Å². The average molecular weight is 525 g/mol. The molecule has 0 radical (unpaired) electrons. The van der Waals surface area contributed by atoms with Gasteiger partial charge in [0.1, 0.15) is 12.4 Å². The van der Waals surface area contributed by atoms with E-state index in [2.05, 4.69) is 41.1 Å². The fraction of sp³-hybridized carbons (Fsp3) is 0.364. The maximum Gasteiger partial charge on any atom is 0.242 e. The number of amides is 2. The molecule has 1 N–H and O–H groups in total. The molecule has 0 saturated carbocycles. The zero-order chi connectivity index (χ0) is 27.5. The van der Waals surface area contributed by atoms with Crippen molar-refractivity contribution in [3.63, 3.8) is 0 Å². The summed E-state index contributed by atoms with van der Waals surface area (Å²) in [6.45, 7) is 3.90. The number of hydrogen-bond donors (Lipinski definition) is 1. The fourth-order valence-corrected chi connectivity index (χ4v) is 4.77. The Hall–Kier alpha value is -3.93. The summed E-state index contributed by atoms with van der Waals surface area (Å²) in [5, 5.41) is 3.05. The van der Waals surface area contributed by atoms with Crippen molar-refractivity contribution < 1.29 is 9.59 Å². The molecular formula is C33H40N4O2. The van der Waals surface area contributed by atoms with Crippen LogP contribution in [-0.2, 0) is 29.0 Å². The van der Waals surface area contributed by atoms with Gasteiger partial charge in [-0.05, 0) is 48.1 Å². The molecule has 0 spiro atoms. The number of likely N-dealkylation sites (N-methyl/N-ethyl adjacent to an activating group) is 1. The molecule has 6 heteroatoms. The molecule has 4 rings (SSSR count). The Morgan fingerprint density at radius 3 is 2.33 bits per heavy atom. The fourth-order valence-electron chi connectivity index (χ4n) is 4.77. The van der Waals surface area contributed by atoms with Crippen LogP contribution in [-0.4, -0.2) is 46.4 Å². The molecule has 0 aliphatic rings. The first-order valence-electron chi connectivity index (χ1n) is 14.1. The summed E-state index contributed by atoms with van der Waals surface area (Å²) in [6, 6.07) is 26.5. The van der Waals surface area contributed by atoms with E-state index in [4.69, 9.17) is 4.98 Å². The maximum absolute atomic E-state index is 12.8. The van der Waals surface area contributed by atoms with Crippen LogP contribution >= 0.6 is 0 Å². The number of imidazole rings is 1. The van der Waals surface area contributed by atoms with Crippen molar-refractivity contribution in [3.05, 3.63) is 90.3 Å². The molecule has 0 atom stereocenters. The first-order chi connectivity index (χ1) is 19.0. The van der Waals surface area contributed by atoms with E-state index in [0.29, 0.717) is 19.5 Å². The Kier molecular flexibility index (Phi) is 10.3. The second-order valence-electron chi connectivity index (χ2n) is 10.2. The second-order valence-corrected chi connectivity index (χ2v) is 10.2. The topological polar surface area (TPSA) is 67.2 Å². The van der Waals surface area contributed by atoms with Crippen LogP contribution in [0.3, 0.4) is 0 Å². The standard InChI is InChI=1S/C33H40N4O2/c1-3-4-23-36(2)33(39)25-37-30-16-11-10-15-29(30)35-31(37)17-9-6-12-22-34-32(38)24-26-18-20-28(21-19-26)27-13-7-5-8-14-27/h5,7-8,10-11,13-16,18-21H,3-4,6,9,12,17,22-25H2,1-2H3,(H,34,38). The van der Waals surface area contributed by atoms with Crippen molar-refractivity contribution in [2.24, 2.45) is 0 Å². The van der Waals surface area contributed by atoms with E-state index in [-0.39, 0.29) is 11.8 Å². The van der Waals surface area contributed by atoms with E-state index in [1.807, 2.05) is 66.5 Å². The summed E-state index contributed by atoms with van der Waals surface area (Å²) in [7, 11) is 1.88. The normalized spacial score (nSPS) is 11.0. The zero-order valence-corrected chi connectivity index (χ0v) is 23.2. The molecular weight excluding hydrogens is 484 g/mol. The number of rotatable bonds is 14. The van der Waals surface area contributed by atoms with Crippen LogP contribution < -0.4 is 5.32 Å². The number of hydrogen-bond acceptors (Lipinski definition) is 3. The minimum Gasteiger partial charge on any atom is -0.356 e. The lowest BCUT2D eigenvalue weighted by molar-refractivity contribution is -0.130. The summed E-state index contributed by atoms with van der Waals surface area (Å²) >= 11 is 0. The average Bonchev–Trinajstić information content (AvgIpc) is 3.31. The van der Waals surface area contributed by atoms with Crippen LogP contribution in [0.1, 0.15) is 50.4 Å². The molecule has 0 fully saturated rings. The predicted molar refractivity (Wildman–Crippen MR) is 158 cm³/mol. The van der Waals surface area contributed by atoms with Gasteiger partial charge in [-0.25, -0.2) is 4.98 Å². The highest BCUT2D eigenvalue weighted by Gasteiger charge is 2.16. The van der Waals surface area contributed by atoms with Crippen LogP contribution in [0.2, 0.25) is 0 Å². The Balaban J connectivity index is 1.21. The van der Waals surface area contributed by atoms with Crippen molar-refractivity contribution in [2.75, 3.05) is 20.1 Å². The Morgan fingerprint density at radius 1 is 0.846 bits per heavy atom. The third-order valence-corrected chi connectivity index (χ3v) is 7.12. The van der Waals surface area contributed by atoms with Gasteiger partial charge in [0, 0.05) is 26.6 Å². The number of carbonyl (C=O) groups excluding carboxylic acids is 2. The van der Waals surface area contributed by atoms with Crippen molar-refractivity contribution in [3.8, 4) is 11.1 Å². The smallest absolute Gasteiger partial charge is 0.242 e. The molecule has 0 bridgehead atoms. The molecule has 39 heavy (non-hydrogen) atoms. The van der Waals surface area contributed by atoms with E-state index in [1.165, 1.54) is 5.56 Å². The minimum atomic E-state index is 0.0509. The SMILES string of the molecule is CCCCN(C)C(=O)Cn1c(CCCCCNC(=O)Cc2ccc(-c3ccccc3)cc2)nc2ccccc21. The Morgan fingerprint density at radius 2 is 1.56 bits per heavy atom. The highest BCUT2D eigenvalue weighted by Crippen LogP contribution is 2.20. The van der Waals surface area contributed by atoms with Crippen molar-refractivity contribution in [1.82, 2.24) is 19.8 Å². The molecule has 3 aromatic carbocycles. The third kappa shape index (κ3) is 8.03. The summed E-state index contributed by atoms with van der Waals surface area (Å²) < 4.78 is 2.07. The minimum absolute atomic E-state index is 0.0509. The molecule has 6 nitrogen and oxygen atoms in total. The van der Waals surface area contributed by atoms with Gasteiger partial charge in [0.15, 0.2) is 0 Å². The number of nitrogens with zero attached hydrogens (tertiary/aromatic N) is 3. The van der Waals surface area contributed by atoms with E-state index in [1.54, 1.807) is 0 Å². The van der Waals surface area contributed by atoms with Crippen LogP contribution in [0.15, 0.2) is 78.9 Å². The maximum atomic E-state index is 12.8. The van der Waals surface area contributed by atoms with Gasteiger partial charge in [0.05, 0.1) is 17.5 Å². The van der Waals surface area contributed by atoms with Gasteiger partial charge >= 0.3 is 0 Å². The molecule has 204 valence electrons. The molecule has 0 aliphatic carbocycles. The third-order valence-electron chi connectivity index (χ3n) is 7.12. The number of aryl methyl sites for hydroxylation is 1. The van der Waals surface area contributed by atoms with Crippen molar-refractivity contribution in [2.45, 2.75) is 58.4 Å². The first kappa shape index (κ1) is 28.1. The summed E-state index contributed by atoms with van der Waals surface area (Å²) in [5.41, 5.74) is 5.28. The molecule has 1 heterocycles. The van der Waals surface area contributed by atoms with Crippen molar-refractivity contribution in [1.29, 1.82) is 0 Å². The second kappa shape index (κ2) is 14.3. The number of fused-ring (bicyclic) bond motifs is 1. The predicted octanol–water partition coefficient (Wildman–Crippen LogP) is 6.03. The van der Waals surface area contributed by atoms with Crippen LogP contribution in [0.5, 0.6) is 0 Å². The molecule has 0 unspecified atom stereocenters. The number of carbonyl (C=O) groups is 2. The van der Waals surface area contributed by atoms with Gasteiger partial charge in [-0.1, -0.05) is 86.5 Å². The summed E-state index contributed by atoms with van der Waals surface area (Å²) in [4.78, 5) is 31.9. The molecule has 0 saturated heterocycles. The largest absolute Gasteiger partial charge is 0.356 e. The van der Waals surface area contributed by atoms with Crippen LogP contribution in [0.4, 0.5) is 0 Å². The summed E-state index contributed by atoms with van der Waals surface area (Å²) in [6.07, 6.45) is 6.13. The van der Waals surface area contributed by atoms with Gasteiger partial charge in [-0.15, -0.1) is 0 Å². The molecule has 1 aromatic heterocycles. The number of unbranched alkanes of at least 4 members (excludes halogenated alkanes) is 3. The highest BCUT2D eigenvalue weighted by atomic mass is 16.2. The van der Waals surface area contributed by atoms with Gasteiger partial charge in [-0.3, -0.25) is 9.59 Å². The zero-order valence-electron chi connectivity index (χ0n) is 23.2. The van der Waals surface area contributed by atoms with Crippen LogP contribution in [0.25, 0.3) is 22.2 Å². The van der Waals surface area contributed by atoms with E-state index >= 15 is 0 Å². The van der Waals surface area contributed by atoms with Gasteiger partial charge in [0.25, 0.3) is 0 Å². The summed E-state index contributed by atoms with van der Waals surface area (Å²) in [5.74, 6) is 1.12. The number of benzene rings is 3. The number of para-hydroxylation sites is 2.